The molecule has 0 aromatic heterocycles. The molecule has 1 amide bonds. The van der Waals surface area contributed by atoms with E-state index in [0.29, 0.717) is 25.0 Å². The van der Waals surface area contributed by atoms with Gasteiger partial charge in [0.2, 0.25) is 5.91 Å². The average Bonchev–Trinajstić information content (AvgIpc) is 2.98. The molecular weight excluding hydrogens is 214 g/mol. The zero-order valence-corrected chi connectivity index (χ0v) is 9.80. The number of ether oxygens (including phenoxy) is 1. The number of alkyl halides is 1. The Morgan fingerprint density at radius 3 is 2.80 bits per heavy atom. The van der Waals surface area contributed by atoms with Crippen LogP contribution in [0.15, 0.2) is 0 Å². The third-order valence-electron chi connectivity index (χ3n) is 3.25. The molecule has 86 valence electrons. The van der Waals surface area contributed by atoms with Gasteiger partial charge in [-0.1, -0.05) is 6.92 Å². The zero-order chi connectivity index (χ0) is 10.8. The van der Waals surface area contributed by atoms with Crippen LogP contribution < -0.4 is 5.32 Å². The van der Waals surface area contributed by atoms with E-state index in [9.17, 15) is 4.79 Å². The Morgan fingerprint density at radius 2 is 2.27 bits per heavy atom. The molecule has 1 aliphatic heterocycles. The Hall–Kier alpha value is -0.280. The summed E-state index contributed by atoms with van der Waals surface area (Å²) < 4.78 is 5.38. The van der Waals surface area contributed by atoms with Gasteiger partial charge in [-0.05, 0) is 31.1 Å². The van der Waals surface area contributed by atoms with E-state index >= 15 is 0 Å². The predicted octanol–water partition coefficient (Wildman–Crippen LogP) is 1.54. The van der Waals surface area contributed by atoms with Gasteiger partial charge in [-0.15, -0.1) is 11.6 Å². The van der Waals surface area contributed by atoms with Crippen LogP contribution in [-0.4, -0.2) is 30.5 Å². The second-order valence-corrected chi connectivity index (χ2v) is 5.22. The van der Waals surface area contributed by atoms with Crippen LogP contribution in [0.3, 0.4) is 0 Å². The van der Waals surface area contributed by atoms with E-state index in [2.05, 4.69) is 12.2 Å². The summed E-state index contributed by atoms with van der Waals surface area (Å²) in [6, 6.07) is 0. The van der Waals surface area contributed by atoms with Crippen LogP contribution in [0, 0.1) is 11.8 Å². The fourth-order valence-electron chi connectivity index (χ4n) is 1.95. The SMILES string of the molecule is CC1CCOC1C(=O)NCC(Cl)C1CC1. The predicted molar refractivity (Wildman–Crippen MR) is 58.9 cm³/mol. The molecule has 3 unspecified atom stereocenters. The van der Waals surface area contributed by atoms with Crippen molar-refractivity contribution in [2.24, 2.45) is 11.8 Å². The van der Waals surface area contributed by atoms with E-state index in [4.69, 9.17) is 16.3 Å². The molecule has 2 fully saturated rings. The quantitative estimate of drug-likeness (QED) is 0.746. The van der Waals surface area contributed by atoms with Gasteiger partial charge in [0.15, 0.2) is 0 Å². The molecular formula is C11H18ClNO2. The van der Waals surface area contributed by atoms with E-state index in [1.807, 2.05) is 0 Å². The second-order valence-electron chi connectivity index (χ2n) is 4.66. The van der Waals surface area contributed by atoms with Crippen LogP contribution in [-0.2, 0) is 9.53 Å². The smallest absolute Gasteiger partial charge is 0.249 e. The van der Waals surface area contributed by atoms with Gasteiger partial charge in [-0.25, -0.2) is 0 Å². The molecule has 0 spiro atoms. The number of halogens is 1. The Labute approximate surface area is 95.5 Å². The standard InChI is InChI=1S/C11H18ClNO2/c1-7-4-5-15-10(7)11(14)13-6-9(12)8-2-3-8/h7-10H,2-6H2,1H3,(H,13,14). The number of carbonyl (C=O) groups excluding carboxylic acids is 1. The Morgan fingerprint density at radius 1 is 1.53 bits per heavy atom. The Balaban J connectivity index is 1.71. The van der Waals surface area contributed by atoms with Crippen molar-refractivity contribution in [1.82, 2.24) is 5.32 Å². The monoisotopic (exact) mass is 231 g/mol. The normalized spacial score (nSPS) is 32.7. The Bertz CT molecular complexity index is 243. The lowest BCUT2D eigenvalue weighted by atomic mass is 10.0. The molecule has 4 heteroatoms. The first-order valence-corrected chi connectivity index (χ1v) is 6.15. The first kappa shape index (κ1) is 11.2. The highest BCUT2D eigenvalue weighted by molar-refractivity contribution is 6.21. The maximum absolute atomic E-state index is 11.7. The van der Waals surface area contributed by atoms with Gasteiger partial charge in [0, 0.05) is 13.2 Å². The number of amides is 1. The van der Waals surface area contributed by atoms with Gasteiger partial charge >= 0.3 is 0 Å². The lowest BCUT2D eigenvalue weighted by Crippen LogP contribution is -2.40. The topological polar surface area (TPSA) is 38.3 Å². The molecule has 15 heavy (non-hydrogen) atoms. The van der Waals surface area contributed by atoms with E-state index in [1.165, 1.54) is 12.8 Å². The summed E-state index contributed by atoms with van der Waals surface area (Å²) in [5.41, 5.74) is 0. The first-order valence-electron chi connectivity index (χ1n) is 5.72. The highest BCUT2D eigenvalue weighted by atomic mass is 35.5. The van der Waals surface area contributed by atoms with Crippen molar-refractivity contribution in [1.29, 1.82) is 0 Å². The van der Waals surface area contributed by atoms with Crippen molar-refractivity contribution in [2.75, 3.05) is 13.2 Å². The van der Waals surface area contributed by atoms with Crippen LogP contribution in [0.5, 0.6) is 0 Å². The van der Waals surface area contributed by atoms with Gasteiger partial charge < -0.3 is 10.1 Å². The number of hydrogen-bond donors (Lipinski definition) is 1. The summed E-state index contributed by atoms with van der Waals surface area (Å²) in [6.07, 6.45) is 3.14. The fraction of sp³-hybridized carbons (Fsp3) is 0.909. The molecule has 3 nitrogen and oxygen atoms in total. The largest absolute Gasteiger partial charge is 0.368 e. The molecule has 1 saturated carbocycles. The maximum atomic E-state index is 11.7. The molecule has 1 saturated heterocycles. The summed E-state index contributed by atoms with van der Waals surface area (Å²) >= 11 is 6.11. The van der Waals surface area contributed by atoms with E-state index in [1.54, 1.807) is 0 Å². The van der Waals surface area contributed by atoms with Crippen LogP contribution in [0.4, 0.5) is 0 Å². The molecule has 0 radical (unpaired) electrons. The summed E-state index contributed by atoms with van der Waals surface area (Å²) in [7, 11) is 0. The highest BCUT2D eigenvalue weighted by Crippen LogP contribution is 2.35. The van der Waals surface area contributed by atoms with Gasteiger partial charge in [0.05, 0.1) is 5.38 Å². The molecule has 1 aliphatic carbocycles. The fourth-order valence-corrected chi connectivity index (χ4v) is 2.28. The molecule has 1 N–H and O–H groups in total. The summed E-state index contributed by atoms with van der Waals surface area (Å²) in [5.74, 6) is 0.958. The third-order valence-corrected chi connectivity index (χ3v) is 3.76. The van der Waals surface area contributed by atoms with Crippen LogP contribution in [0.2, 0.25) is 0 Å². The van der Waals surface area contributed by atoms with Crippen molar-refractivity contribution < 1.29 is 9.53 Å². The molecule has 3 atom stereocenters. The van der Waals surface area contributed by atoms with Gasteiger partial charge in [0.1, 0.15) is 6.10 Å². The zero-order valence-electron chi connectivity index (χ0n) is 9.04. The van der Waals surface area contributed by atoms with E-state index < -0.39 is 0 Å². The molecule has 2 aliphatic rings. The summed E-state index contributed by atoms with van der Waals surface area (Å²) in [4.78, 5) is 11.7. The van der Waals surface area contributed by atoms with Crippen molar-refractivity contribution in [3.8, 4) is 0 Å². The maximum Gasteiger partial charge on any atom is 0.249 e. The minimum Gasteiger partial charge on any atom is -0.368 e. The van der Waals surface area contributed by atoms with Crippen molar-refractivity contribution in [2.45, 2.75) is 37.7 Å². The van der Waals surface area contributed by atoms with Crippen molar-refractivity contribution in [3.05, 3.63) is 0 Å². The number of carbonyl (C=O) groups is 1. The molecule has 0 aromatic carbocycles. The van der Waals surface area contributed by atoms with E-state index in [0.717, 1.165) is 6.42 Å². The minimum atomic E-state index is -0.256. The Kier molecular flexibility index (Phi) is 3.52. The van der Waals surface area contributed by atoms with E-state index in [-0.39, 0.29) is 17.4 Å². The number of nitrogens with one attached hydrogen (secondary N) is 1. The van der Waals surface area contributed by atoms with Gasteiger partial charge in [-0.2, -0.15) is 0 Å². The lowest BCUT2D eigenvalue weighted by Gasteiger charge is -2.16. The highest BCUT2D eigenvalue weighted by Gasteiger charge is 2.33. The summed E-state index contributed by atoms with van der Waals surface area (Å²) in [5, 5.41) is 2.98. The first-order chi connectivity index (χ1) is 7.18. The summed E-state index contributed by atoms with van der Waals surface area (Å²) in [6.45, 7) is 3.33. The third kappa shape index (κ3) is 2.85. The number of hydrogen-bond acceptors (Lipinski definition) is 2. The van der Waals surface area contributed by atoms with Crippen LogP contribution in [0.25, 0.3) is 0 Å². The molecule has 2 rings (SSSR count). The lowest BCUT2D eigenvalue weighted by molar-refractivity contribution is -0.131. The second kappa shape index (κ2) is 4.71. The van der Waals surface area contributed by atoms with Crippen molar-refractivity contribution in [3.63, 3.8) is 0 Å². The van der Waals surface area contributed by atoms with Crippen molar-refractivity contribution >= 4 is 17.5 Å². The van der Waals surface area contributed by atoms with Gasteiger partial charge in [0.25, 0.3) is 0 Å². The van der Waals surface area contributed by atoms with Crippen LogP contribution in [0.1, 0.15) is 26.2 Å². The average molecular weight is 232 g/mol. The minimum absolute atomic E-state index is 0.00583. The van der Waals surface area contributed by atoms with Gasteiger partial charge in [-0.3, -0.25) is 4.79 Å². The molecule has 0 bridgehead atoms. The molecule has 1 heterocycles. The van der Waals surface area contributed by atoms with Crippen LogP contribution >= 0.6 is 11.6 Å². The number of rotatable bonds is 4. The molecule has 0 aromatic rings.